The van der Waals surface area contributed by atoms with Crippen LogP contribution in [0.3, 0.4) is 0 Å². The highest BCUT2D eigenvalue weighted by Gasteiger charge is 2.22. The molecule has 0 radical (unpaired) electrons. The number of hydrogen-bond acceptors (Lipinski definition) is 6. The monoisotopic (exact) mass is 213 g/mol. The minimum Gasteiger partial charge on any atom is -0.367 e. The standard InChI is InChI=1S/C8H15N5S/c1-6-5-13(4-3-12(6)2)8-10-7(9)11-14-8/h6H,3-5H2,1-2H3,(H2,9,11). The summed E-state index contributed by atoms with van der Waals surface area (Å²) < 4.78 is 3.99. The number of rotatable bonds is 1. The molecule has 2 heterocycles. The van der Waals surface area contributed by atoms with E-state index in [0.717, 1.165) is 24.8 Å². The van der Waals surface area contributed by atoms with Crippen LogP contribution in [0, 0.1) is 0 Å². The lowest BCUT2D eigenvalue weighted by Gasteiger charge is -2.37. The van der Waals surface area contributed by atoms with Crippen molar-refractivity contribution in [2.45, 2.75) is 13.0 Å². The van der Waals surface area contributed by atoms with Crippen LogP contribution in [0.15, 0.2) is 0 Å². The highest BCUT2D eigenvalue weighted by Crippen LogP contribution is 2.20. The first-order chi connectivity index (χ1) is 6.66. The van der Waals surface area contributed by atoms with Crippen LogP contribution in [-0.2, 0) is 0 Å². The van der Waals surface area contributed by atoms with Gasteiger partial charge in [-0.2, -0.15) is 9.36 Å². The van der Waals surface area contributed by atoms with E-state index in [2.05, 4.69) is 33.1 Å². The third-order valence-corrected chi connectivity index (χ3v) is 3.45. The first-order valence-electron chi connectivity index (χ1n) is 4.71. The van der Waals surface area contributed by atoms with Gasteiger partial charge in [0, 0.05) is 37.2 Å². The van der Waals surface area contributed by atoms with Crippen LogP contribution in [0.4, 0.5) is 11.1 Å². The molecule has 78 valence electrons. The summed E-state index contributed by atoms with van der Waals surface area (Å²) in [6, 6.07) is 0.564. The van der Waals surface area contributed by atoms with Crippen molar-refractivity contribution in [2.24, 2.45) is 0 Å². The van der Waals surface area contributed by atoms with Gasteiger partial charge < -0.3 is 15.5 Å². The van der Waals surface area contributed by atoms with Crippen LogP contribution < -0.4 is 10.6 Å². The first kappa shape index (κ1) is 9.67. The number of nitrogen functional groups attached to an aromatic ring is 1. The number of nitrogens with zero attached hydrogens (tertiary/aromatic N) is 4. The maximum Gasteiger partial charge on any atom is 0.233 e. The molecule has 0 aliphatic carbocycles. The quantitative estimate of drug-likeness (QED) is 0.725. The SMILES string of the molecule is CC1CN(c2nc(N)ns2)CCN1C. The maximum absolute atomic E-state index is 5.50. The van der Waals surface area contributed by atoms with Gasteiger partial charge in [-0.15, -0.1) is 0 Å². The third kappa shape index (κ3) is 1.80. The minimum atomic E-state index is 0.386. The molecular formula is C8H15N5S. The average molecular weight is 213 g/mol. The highest BCUT2D eigenvalue weighted by atomic mass is 32.1. The molecule has 6 heteroatoms. The largest absolute Gasteiger partial charge is 0.367 e. The van der Waals surface area contributed by atoms with Crippen molar-refractivity contribution in [2.75, 3.05) is 37.3 Å². The van der Waals surface area contributed by atoms with Crippen molar-refractivity contribution in [3.05, 3.63) is 0 Å². The van der Waals surface area contributed by atoms with E-state index in [0.29, 0.717) is 12.0 Å². The number of likely N-dealkylation sites (N-methyl/N-ethyl adjacent to an activating group) is 1. The lowest BCUT2D eigenvalue weighted by Crippen LogP contribution is -2.50. The zero-order valence-electron chi connectivity index (χ0n) is 8.47. The molecule has 1 aromatic rings. The zero-order chi connectivity index (χ0) is 10.1. The van der Waals surface area contributed by atoms with E-state index in [1.807, 2.05) is 0 Å². The summed E-state index contributed by atoms with van der Waals surface area (Å²) in [5, 5.41) is 0.947. The summed E-state index contributed by atoms with van der Waals surface area (Å²) in [5.74, 6) is 0.386. The molecule has 1 saturated heterocycles. The van der Waals surface area contributed by atoms with Gasteiger partial charge in [-0.1, -0.05) is 0 Å². The van der Waals surface area contributed by atoms with Gasteiger partial charge >= 0.3 is 0 Å². The summed E-state index contributed by atoms with van der Waals surface area (Å²) in [5.41, 5.74) is 5.50. The summed E-state index contributed by atoms with van der Waals surface area (Å²) >= 11 is 1.38. The van der Waals surface area contributed by atoms with Crippen LogP contribution in [0.2, 0.25) is 0 Å². The Morgan fingerprint density at radius 3 is 2.86 bits per heavy atom. The molecular weight excluding hydrogens is 198 g/mol. The molecule has 14 heavy (non-hydrogen) atoms. The van der Waals surface area contributed by atoms with Crippen LogP contribution in [0.25, 0.3) is 0 Å². The van der Waals surface area contributed by atoms with Gasteiger partial charge in [0.2, 0.25) is 11.1 Å². The van der Waals surface area contributed by atoms with E-state index in [9.17, 15) is 0 Å². The molecule has 5 nitrogen and oxygen atoms in total. The molecule has 2 rings (SSSR count). The Kier molecular flexibility index (Phi) is 2.56. The summed E-state index contributed by atoms with van der Waals surface area (Å²) in [4.78, 5) is 8.78. The van der Waals surface area contributed by atoms with Crippen LogP contribution in [0.5, 0.6) is 0 Å². The predicted octanol–water partition coefficient (Wildman–Crippen LogP) is 0.261. The van der Waals surface area contributed by atoms with E-state index in [4.69, 9.17) is 5.73 Å². The van der Waals surface area contributed by atoms with Crippen LogP contribution in [-0.4, -0.2) is 47.0 Å². The molecule has 1 aromatic heterocycles. The van der Waals surface area contributed by atoms with E-state index >= 15 is 0 Å². The highest BCUT2D eigenvalue weighted by molar-refractivity contribution is 7.09. The molecule has 1 unspecified atom stereocenters. The van der Waals surface area contributed by atoms with Crippen molar-refractivity contribution in [3.8, 4) is 0 Å². The van der Waals surface area contributed by atoms with Gasteiger partial charge in [-0.05, 0) is 14.0 Å². The molecule has 1 aliphatic rings. The Balaban J connectivity index is 2.06. The Morgan fingerprint density at radius 1 is 1.50 bits per heavy atom. The van der Waals surface area contributed by atoms with E-state index in [1.54, 1.807) is 0 Å². The molecule has 0 spiro atoms. The Morgan fingerprint density at radius 2 is 2.29 bits per heavy atom. The number of aromatic nitrogens is 2. The van der Waals surface area contributed by atoms with Gasteiger partial charge in [0.15, 0.2) is 0 Å². The fraction of sp³-hybridized carbons (Fsp3) is 0.750. The summed E-state index contributed by atoms with van der Waals surface area (Å²) in [7, 11) is 2.15. The Hall–Kier alpha value is -0.880. The van der Waals surface area contributed by atoms with E-state index < -0.39 is 0 Å². The smallest absolute Gasteiger partial charge is 0.233 e. The number of hydrogen-bond donors (Lipinski definition) is 1. The topological polar surface area (TPSA) is 58.3 Å². The van der Waals surface area contributed by atoms with Crippen molar-refractivity contribution >= 4 is 22.6 Å². The van der Waals surface area contributed by atoms with Crippen molar-refractivity contribution in [3.63, 3.8) is 0 Å². The van der Waals surface area contributed by atoms with Crippen molar-refractivity contribution in [1.29, 1.82) is 0 Å². The normalized spacial score (nSPS) is 24.1. The average Bonchev–Trinajstić information content (AvgIpc) is 2.57. The fourth-order valence-corrected chi connectivity index (χ4v) is 2.21. The number of piperazine rings is 1. The number of nitrogens with two attached hydrogens (primary N) is 1. The Bertz CT molecular complexity index is 312. The second kappa shape index (κ2) is 3.70. The zero-order valence-corrected chi connectivity index (χ0v) is 9.29. The molecule has 0 saturated carbocycles. The second-order valence-corrected chi connectivity index (χ2v) is 4.44. The second-order valence-electron chi connectivity index (χ2n) is 3.71. The fourth-order valence-electron chi connectivity index (χ4n) is 1.58. The van der Waals surface area contributed by atoms with Gasteiger partial charge in [0.05, 0.1) is 0 Å². The summed E-state index contributed by atoms with van der Waals surface area (Å²) in [6.07, 6.45) is 0. The van der Waals surface area contributed by atoms with Gasteiger partial charge in [0.25, 0.3) is 0 Å². The van der Waals surface area contributed by atoms with Crippen LogP contribution >= 0.6 is 11.5 Å². The summed E-state index contributed by atoms with van der Waals surface area (Å²) in [6.45, 7) is 5.30. The molecule has 1 aliphatic heterocycles. The van der Waals surface area contributed by atoms with Gasteiger partial charge in [0.1, 0.15) is 0 Å². The van der Waals surface area contributed by atoms with Crippen molar-refractivity contribution < 1.29 is 0 Å². The first-order valence-corrected chi connectivity index (χ1v) is 5.48. The minimum absolute atomic E-state index is 0.386. The molecule has 0 bridgehead atoms. The molecule has 0 aromatic carbocycles. The molecule has 1 fully saturated rings. The van der Waals surface area contributed by atoms with Gasteiger partial charge in [-0.25, -0.2) is 0 Å². The third-order valence-electron chi connectivity index (χ3n) is 2.66. The molecule has 0 amide bonds. The van der Waals surface area contributed by atoms with Crippen molar-refractivity contribution in [1.82, 2.24) is 14.3 Å². The van der Waals surface area contributed by atoms with E-state index in [-0.39, 0.29) is 0 Å². The molecule has 2 N–H and O–H groups in total. The lowest BCUT2D eigenvalue weighted by atomic mass is 10.2. The Labute approximate surface area is 87.7 Å². The van der Waals surface area contributed by atoms with E-state index in [1.165, 1.54) is 11.5 Å². The molecule has 1 atom stereocenters. The number of anilines is 2. The van der Waals surface area contributed by atoms with Gasteiger partial charge in [-0.3, -0.25) is 0 Å². The lowest BCUT2D eigenvalue weighted by molar-refractivity contribution is 0.234. The maximum atomic E-state index is 5.50. The predicted molar refractivity (Wildman–Crippen MR) is 58.6 cm³/mol. The van der Waals surface area contributed by atoms with Crippen LogP contribution in [0.1, 0.15) is 6.92 Å².